The number of amides is 1. The van der Waals surface area contributed by atoms with Crippen molar-refractivity contribution in [3.8, 4) is 5.88 Å². The van der Waals surface area contributed by atoms with Gasteiger partial charge < -0.3 is 20.3 Å². The van der Waals surface area contributed by atoms with Crippen molar-refractivity contribution in [2.45, 2.75) is 30.7 Å². The van der Waals surface area contributed by atoms with Crippen LogP contribution < -0.4 is 15.4 Å². The number of carbonyl (C=O) groups excluding carboxylic acids is 1. The number of nitrogens with one attached hydrogen (secondary N) is 2. The summed E-state index contributed by atoms with van der Waals surface area (Å²) in [4.78, 5) is 27.8. The molecule has 2 fully saturated rings. The molecule has 3 aliphatic heterocycles. The molecule has 0 saturated carbocycles. The first-order chi connectivity index (χ1) is 17.3. The molecule has 2 saturated heterocycles. The Morgan fingerprint density at radius 1 is 1.39 bits per heavy atom. The topological polar surface area (TPSA) is 91.7 Å². The van der Waals surface area contributed by atoms with E-state index in [1.54, 1.807) is 13.2 Å². The molecule has 1 amide bonds. The Kier molecular flexibility index (Phi) is 7.48. The number of pyridine rings is 2. The molecular weight excluding hydrogens is 503 g/mol. The van der Waals surface area contributed by atoms with Gasteiger partial charge in [-0.1, -0.05) is 0 Å². The summed E-state index contributed by atoms with van der Waals surface area (Å²) in [6, 6.07) is 3.38. The first-order valence-electron chi connectivity index (χ1n) is 12.2. The number of fused-ring (bicyclic) bond motifs is 2. The Balaban J connectivity index is 1.13. The van der Waals surface area contributed by atoms with Gasteiger partial charge in [0.05, 0.1) is 41.0 Å². The fraction of sp³-hybridized carbons (Fsp3) is 0.520. The van der Waals surface area contributed by atoms with Crippen LogP contribution in [0.1, 0.15) is 18.9 Å². The van der Waals surface area contributed by atoms with Crippen molar-refractivity contribution in [1.29, 1.82) is 0 Å². The van der Waals surface area contributed by atoms with Crippen LogP contribution in [0, 0.1) is 11.7 Å². The van der Waals surface area contributed by atoms with Crippen LogP contribution in [-0.4, -0.2) is 83.1 Å². The SMILES string of the molecule is COc1ccc2ncc(F)c(CCN3CC[C@@H](CNCC4N=C5NC(=O)CSC5=CC4(C)Cl)C3)c2n1. The van der Waals surface area contributed by atoms with Gasteiger partial charge in [0.1, 0.15) is 11.7 Å². The molecule has 11 heteroatoms. The molecule has 5 heterocycles. The summed E-state index contributed by atoms with van der Waals surface area (Å²) in [7, 11) is 1.55. The number of likely N-dealkylation sites (tertiary alicyclic amines) is 1. The number of methoxy groups -OCH3 is 1. The molecule has 0 bridgehead atoms. The van der Waals surface area contributed by atoms with E-state index in [-0.39, 0.29) is 17.8 Å². The number of halogens is 2. The maximum Gasteiger partial charge on any atom is 0.235 e. The monoisotopic (exact) mass is 532 g/mol. The van der Waals surface area contributed by atoms with Crippen molar-refractivity contribution < 1.29 is 13.9 Å². The van der Waals surface area contributed by atoms with Gasteiger partial charge in [-0.3, -0.25) is 14.8 Å². The maximum absolute atomic E-state index is 14.6. The number of amidine groups is 1. The number of alkyl halides is 1. The zero-order valence-electron chi connectivity index (χ0n) is 20.4. The lowest BCUT2D eigenvalue weighted by molar-refractivity contribution is -0.117. The third-order valence-electron chi connectivity index (χ3n) is 6.97. The molecule has 0 aliphatic carbocycles. The normalized spacial score (nSPS) is 26.4. The molecule has 8 nitrogen and oxygen atoms in total. The number of carbonyl (C=O) groups is 1. The van der Waals surface area contributed by atoms with E-state index in [0.29, 0.717) is 52.9 Å². The molecule has 0 radical (unpaired) electrons. The van der Waals surface area contributed by atoms with Gasteiger partial charge in [0.2, 0.25) is 11.8 Å². The van der Waals surface area contributed by atoms with Gasteiger partial charge in [-0.05, 0) is 50.9 Å². The van der Waals surface area contributed by atoms with Crippen molar-refractivity contribution in [3.63, 3.8) is 0 Å². The van der Waals surface area contributed by atoms with Crippen LogP contribution in [0.5, 0.6) is 5.88 Å². The second-order valence-corrected chi connectivity index (χ2v) is 11.5. The van der Waals surface area contributed by atoms with E-state index in [4.69, 9.17) is 21.3 Å². The number of thioether (sulfide) groups is 1. The lowest BCUT2D eigenvalue weighted by Crippen LogP contribution is -2.48. The predicted molar refractivity (Wildman–Crippen MR) is 141 cm³/mol. The first-order valence-corrected chi connectivity index (χ1v) is 13.5. The summed E-state index contributed by atoms with van der Waals surface area (Å²) in [6.45, 7) is 6.13. The fourth-order valence-corrected chi connectivity index (χ4v) is 6.16. The minimum absolute atomic E-state index is 0.0265. The highest BCUT2D eigenvalue weighted by Gasteiger charge is 2.37. The quantitative estimate of drug-likeness (QED) is 0.505. The van der Waals surface area contributed by atoms with Crippen LogP contribution in [0.15, 0.2) is 34.3 Å². The summed E-state index contributed by atoms with van der Waals surface area (Å²) < 4.78 is 19.8. The van der Waals surface area contributed by atoms with Crippen molar-refractivity contribution in [2.75, 3.05) is 45.6 Å². The Bertz CT molecular complexity index is 1220. The molecule has 192 valence electrons. The van der Waals surface area contributed by atoms with Crippen molar-refractivity contribution in [2.24, 2.45) is 10.9 Å². The van der Waals surface area contributed by atoms with Crippen molar-refractivity contribution in [1.82, 2.24) is 25.5 Å². The average Bonchev–Trinajstić information content (AvgIpc) is 3.31. The standard InChI is InChI=1S/C25H30ClFN6O2S/c1-25(26)9-19-24(31-21(34)14-36-19)30-20(25)12-28-10-15-5-7-33(13-15)8-6-16-17(27)11-29-18-3-4-22(35-2)32-23(16)18/h3-4,9,11,15,20,28H,5-8,10,12-14H2,1-2H3,(H,30,31,34)/t15-,20?,25?/m0/s1. The number of hydrogen-bond donors (Lipinski definition) is 2. The molecule has 2 N–H and O–H groups in total. The van der Waals surface area contributed by atoms with Crippen LogP contribution in [-0.2, 0) is 11.2 Å². The molecule has 5 rings (SSSR count). The number of aromatic nitrogens is 2. The minimum Gasteiger partial charge on any atom is -0.481 e. The van der Waals surface area contributed by atoms with Gasteiger partial charge >= 0.3 is 0 Å². The molecule has 2 aromatic rings. The molecular formula is C25H30ClFN6O2S. The van der Waals surface area contributed by atoms with E-state index in [9.17, 15) is 9.18 Å². The van der Waals surface area contributed by atoms with Crippen LogP contribution in [0.4, 0.5) is 4.39 Å². The van der Waals surface area contributed by atoms with E-state index >= 15 is 0 Å². The maximum atomic E-state index is 14.6. The van der Waals surface area contributed by atoms with Gasteiger partial charge in [-0.2, -0.15) is 0 Å². The fourth-order valence-electron chi connectivity index (χ4n) is 4.93. The molecule has 36 heavy (non-hydrogen) atoms. The Morgan fingerprint density at radius 3 is 3.08 bits per heavy atom. The number of dihydropyridines is 1. The lowest BCUT2D eigenvalue weighted by Gasteiger charge is -2.34. The molecule has 0 spiro atoms. The zero-order chi connectivity index (χ0) is 25.3. The Morgan fingerprint density at radius 2 is 2.25 bits per heavy atom. The molecule has 3 atom stereocenters. The van der Waals surface area contributed by atoms with E-state index in [2.05, 4.69) is 25.5 Å². The van der Waals surface area contributed by atoms with Gasteiger partial charge in [-0.15, -0.1) is 23.4 Å². The number of nitrogens with zero attached hydrogens (tertiary/aromatic N) is 4. The molecule has 2 aromatic heterocycles. The number of aliphatic imine (C=N–C) groups is 1. The first kappa shape index (κ1) is 25.4. The van der Waals surface area contributed by atoms with Gasteiger partial charge in [0.25, 0.3) is 0 Å². The van der Waals surface area contributed by atoms with Crippen LogP contribution in [0.2, 0.25) is 0 Å². The van der Waals surface area contributed by atoms with Crippen molar-refractivity contribution >= 4 is 46.1 Å². The van der Waals surface area contributed by atoms with E-state index in [1.165, 1.54) is 18.0 Å². The van der Waals surface area contributed by atoms with Crippen LogP contribution >= 0.6 is 23.4 Å². The highest BCUT2D eigenvalue weighted by Crippen LogP contribution is 2.35. The summed E-state index contributed by atoms with van der Waals surface area (Å²) in [6.07, 6.45) is 4.93. The molecule has 0 aromatic carbocycles. The van der Waals surface area contributed by atoms with Crippen LogP contribution in [0.25, 0.3) is 11.0 Å². The second kappa shape index (κ2) is 10.6. The van der Waals surface area contributed by atoms with Gasteiger partial charge in [0.15, 0.2) is 0 Å². The Labute approximate surface area is 219 Å². The van der Waals surface area contributed by atoms with E-state index in [1.807, 2.05) is 19.1 Å². The summed E-state index contributed by atoms with van der Waals surface area (Å²) in [5.41, 5.74) is 1.81. The van der Waals surface area contributed by atoms with E-state index in [0.717, 1.165) is 37.5 Å². The van der Waals surface area contributed by atoms with Gasteiger partial charge in [0, 0.05) is 36.2 Å². The number of hydrogen-bond acceptors (Lipinski definition) is 8. The second-order valence-electron chi connectivity index (χ2n) is 9.66. The zero-order valence-corrected chi connectivity index (χ0v) is 22.0. The summed E-state index contributed by atoms with van der Waals surface area (Å²) in [5.74, 6) is 1.63. The third-order valence-corrected chi connectivity index (χ3v) is 8.36. The highest BCUT2D eigenvalue weighted by molar-refractivity contribution is 8.04. The largest absolute Gasteiger partial charge is 0.481 e. The minimum atomic E-state index is -0.600. The third kappa shape index (κ3) is 5.51. The molecule has 2 unspecified atom stereocenters. The van der Waals surface area contributed by atoms with Gasteiger partial charge in [-0.25, -0.2) is 9.37 Å². The van der Waals surface area contributed by atoms with Crippen LogP contribution in [0.3, 0.4) is 0 Å². The summed E-state index contributed by atoms with van der Waals surface area (Å²) in [5, 5.41) is 6.40. The van der Waals surface area contributed by atoms with E-state index < -0.39 is 4.87 Å². The highest BCUT2D eigenvalue weighted by atomic mass is 35.5. The Hall–Kier alpha value is -2.27. The number of rotatable bonds is 8. The summed E-state index contributed by atoms with van der Waals surface area (Å²) >= 11 is 8.26. The average molecular weight is 533 g/mol. The predicted octanol–water partition coefficient (Wildman–Crippen LogP) is 2.76. The number of ether oxygens (including phenoxy) is 1. The smallest absolute Gasteiger partial charge is 0.235 e. The lowest BCUT2D eigenvalue weighted by atomic mass is 9.97. The van der Waals surface area contributed by atoms with Crippen molar-refractivity contribution in [3.05, 3.63) is 40.7 Å². The molecule has 3 aliphatic rings.